The Morgan fingerprint density at radius 2 is 1.39 bits per heavy atom. The topological polar surface area (TPSA) is 42.9 Å². The predicted octanol–water partition coefficient (Wildman–Crippen LogP) is 4.60. The fourth-order valence-electron chi connectivity index (χ4n) is 0.574. The van der Waals surface area contributed by atoms with E-state index in [1.165, 1.54) is 38.8 Å². The number of aryl methyl sites for hydroxylation is 1. The fraction of sp³-hybridized carbons (Fsp3) is 0.667. The van der Waals surface area contributed by atoms with Crippen molar-refractivity contribution in [1.82, 2.24) is 9.97 Å². The van der Waals surface area contributed by atoms with Gasteiger partial charge in [0.05, 0.1) is 11.9 Å². The highest BCUT2D eigenvalue weighted by Gasteiger charge is 1.98. The summed E-state index contributed by atoms with van der Waals surface area (Å²) in [4.78, 5) is 18.4. The van der Waals surface area contributed by atoms with Crippen molar-refractivity contribution in [2.24, 2.45) is 0 Å². The molecule has 18 heavy (non-hydrogen) atoms. The Labute approximate surface area is 112 Å². The van der Waals surface area contributed by atoms with Gasteiger partial charge in [0, 0.05) is 13.1 Å². The molecule has 3 heteroatoms. The summed E-state index contributed by atoms with van der Waals surface area (Å²) in [7, 11) is 0. The van der Waals surface area contributed by atoms with Crippen LogP contribution in [-0.4, -0.2) is 15.8 Å². The second-order valence-corrected chi connectivity index (χ2v) is 4.10. The third-order valence-electron chi connectivity index (χ3n) is 2.14. The molecule has 0 radical (unpaired) electrons. The molecule has 104 valence electrons. The number of carbonyl (C=O) groups excluding carboxylic acids is 1. The van der Waals surface area contributed by atoms with Crippen LogP contribution in [0.4, 0.5) is 0 Å². The van der Waals surface area contributed by atoms with Gasteiger partial charge in [0.1, 0.15) is 5.69 Å². The number of nitrogens with zero attached hydrogens (tertiary/aromatic N) is 2. The number of unbranched alkanes of at least 4 members (excludes halogenated alkanes) is 2. The number of carbonyl (C=O) groups is 1. The Bertz CT molecular complexity index is 286. The van der Waals surface area contributed by atoms with Crippen molar-refractivity contribution in [2.75, 3.05) is 0 Å². The largest absolute Gasteiger partial charge is 0.293 e. The molecule has 1 heterocycles. The maximum atomic E-state index is 10.7. The van der Waals surface area contributed by atoms with Crippen LogP contribution in [-0.2, 0) is 0 Å². The first kappa shape index (κ1) is 19.1. The molecular formula is C15H28N2O. The van der Waals surface area contributed by atoms with Crippen molar-refractivity contribution in [3.63, 3.8) is 0 Å². The number of hydrogen-bond donors (Lipinski definition) is 0. The molecule has 0 amide bonds. The lowest BCUT2D eigenvalue weighted by atomic mass is 10.3. The van der Waals surface area contributed by atoms with E-state index in [9.17, 15) is 4.79 Å². The third kappa shape index (κ3) is 12.8. The van der Waals surface area contributed by atoms with Gasteiger partial charge in [-0.1, -0.05) is 53.4 Å². The van der Waals surface area contributed by atoms with Crippen molar-refractivity contribution in [1.29, 1.82) is 0 Å². The lowest BCUT2D eigenvalue weighted by Crippen LogP contribution is -1.97. The Hall–Kier alpha value is -1.25. The van der Waals surface area contributed by atoms with Crippen LogP contribution in [0.5, 0.6) is 0 Å². The zero-order chi connectivity index (χ0) is 14.4. The smallest absolute Gasteiger partial charge is 0.179 e. The van der Waals surface area contributed by atoms with Gasteiger partial charge in [-0.05, 0) is 6.92 Å². The van der Waals surface area contributed by atoms with Crippen molar-refractivity contribution in [2.45, 2.75) is 67.2 Å². The Morgan fingerprint density at radius 1 is 0.944 bits per heavy atom. The highest BCUT2D eigenvalue weighted by molar-refractivity contribution is 5.91. The highest BCUT2D eigenvalue weighted by atomic mass is 16.1. The molecule has 1 rings (SSSR count). The minimum Gasteiger partial charge on any atom is -0.293 e. The second-order valence-electron chi connectivity index (χ2n) is 4.10. The Kier molecular flexibility index (Phi) is 14.7. The summed E-state index contributed by atoms with van der Waals surface area (Å²) >= 11 is 0. The molecule has 0 spiro atoms. The molecule has 0 bridgehead atoms. The maximum absolute atomic E-state index is 10.7. The number of rotatable bonds is 3. The van der Waals surface area contributed by atoms with E-state index in [4.69, 9.17) is 0 Å². The predicted molar refractivity (Wildman–Crippen MR) is 77.9 cm³/mol. The SMILES string of the molecule is CC(=O)c1cnc(C)cn1.CCCC.CCCC. The first-order valence-corrected chi connectivity index (χ1v) is 6.82. The van der Waals surface area contributed by atoms with Crippen LogP contribution in [0.25, 0.3) is 0 Å². The Balaban J connectivity index is 0. The van der Waals surface area contributed by atoms with Crippen molar-refractivity contribution < 1.29 is 4.79 Å². The average molecular weight is 252 g/mol. The molecule has 0 atom stereocenters. The number of hydrogen-bond acceptors (Lipinski definition) is 3. The molecule has 0 N–H and O–H groups in total. The molecular weight excluding hydrogens is 224 g/mol. The summed E-state index contributed by atoms with van der Waals surface area (Å²) in [5.41, 5.74) is 1.25. The van der Waals surface area contributed by atoms with E-state index in [1.54, 1.807) is 6.20 Å². The summed E-state index contributed by atoms with van der Waals surface area (Å²) in [6.45, 7) is 12.0. The molecule has 1 aromatic heterocycles. The van der Waals surface area contributed by atoms with Gasteiger partial charge in [-0.15, -0.1) is 0 Å². The van der Waals surface area contributed by atoms with E-state index in [1.807, 2.05) is 6.92 Å². The van der Waals surface area contributed by atoms with E-state index in [2.05, 4.69) is 37.7 Å². The zero-order valence-electron chi connectivity index (χ0n) is 12.8. The molecule has 0 aliphatic carbocycles. The lowest BCUT2D eigenvalue weighted by Gasteiger charge is -1.92. The molecule has 1 aromatic rings. The first-order valence-electron chi connectivity index (χ1n) is 6.82. The van der Waals surface area contributed by atoms with Crippen molar-refractivity contribution in [3.05, 3.63) is 23.8 Å². The van der Waals surface area contributed by atoms with Gasteiger partial charge in [0.2, 0.25) is 0 Å². The van der Waals surface area contributed by atoms with Gasteiger partial charge in [-0.3, -0.25) is 9.78 Å². The standard InChI is InChI=1S/C7H8N2O.2C4H10/c1-5-3-9-7(4-8-5)6(2)10;2*1-3-4-2/h3-4H,1-2H3;2*3-4H2,1-2H3. The summed E-state index contributed by atoms with van der Waals surface area (Å²) in [5.74, 6) is -0.0486. The molecule has 0 aliphatic heterocycles. The number of Topliss-reactive ketones (excluding diaryl/α,β-unsaturated/α-hetero) is 1. The summed E-state index contributed by atoms with van der Waals surface area (Å²) in [6, 6.07) is 0. The minimum atomic E-state index is -0.0486. The molecule has 0 saturated heterocycles. The monoisotopic (exact) mass is 252 g/mol. The van der Waals surface area contributed by atoms with Crippen LogP contribution in [0, 0.1) is 6.92 Å². The van der Waals surface area contributed by atoms with E-state index in [0.717, 1.165) is 5.69 Å². The van der Waals surface area contributed by atoms with Crippen LogP contribution < -0.4 is 0 Å². The van der Waals surface area contributed by atoms with Crippen molar-refractivity contribution in [3.8, 4) is 0 Å². The van der Waals surface area contributed by atoms with E-state index in [0.29, 0.717) is 5.69 Å². The molecule has 0 aromatic carbocycles. The van der Waals surface area contributed by atoms with Gasteiger partial charge in [-0.2, -0.15) is 0 Å². The quantitative estimate of drug-likeness (QED) is 0.738. The lowest BCUT2D eigenvalue weighted by molar-refractivity contribution is 0.101. The normalized spacial score (nSPS) is 8.56. The molecule has 0 saturated carbocycles. The van der Waals surface area contributed by atoms with Crippen LogP contribution in [0.15, 0.2) is 12.4 Å². The van der Waals surface area contributed by atoms with E-state index >= 15 is 0 Å². The minimum absolute atomic E-state index is 0.0486. The molecule has 0 unspecified atom stereocenters. The second kappa shape index (κ2) is 13.8. The number of ketones is 1. The first-order chi connectivity index (χ1) is 8.53. The maximum Gasteiger partial charge on any atom is 0.179 e. The van der Waals surface area contributed by atoms with Crippen molar-refractivity contribution >= 4 is 5.78 Å². The molecule has 0 fully saturated rings. The summed E-state index contributed by atoms with van der Waals surface area (Å²) in [6.07, 6.45) is 8.34. The third-order valence-corrected chi connectivity index (χ3v) is 2.14. The average Bonchev–Trinajstić information content (AvgIpc) is 2.40. The summed E-state index contributed by atoms with van der Waals surface area (Å²) < 4.78 is 0. The van der Waals surface area contributed by atoms with Gasteiger partial charge < -0.3 is 0 Å². The number of aromatic nitrogens is 2. The highest BCUT2D eigenvalue weighted by Crippen LogP contribution is 1.93. The van der Waals surface area contributed by atoms with Crippen LogP contribution in [0.3, 0.4) is 0 Å². The van der Waals surface area contributed by atoms with Crippen LogP contribution >= 0.6 is 0 Å². The molecule has 0 aliphatic rings. The van der Waals surface area contributed by atoms with Gasteiger partial charge in [-0.25, -0.2) is 4.98 Å². The zero-order valence-corrected chi connectivity index (χ0v) is 12.8. The fourth-order valence-corrected chi connectivity index (χ4v) is 0.574. The van der Waals surface area contributed by atoms with Crippen LogP contribution in [0.2, 0.25) is 0 Å². The molecule has 3 nitrogen and oxygen atoms in total. The summed E-state index contributed by atoms with van der Waals surface area (Å²) in [5, 5.41) is 0. The van der Waals surface area contributed by atoms with Gasteiger partial charge in [0.25, 0.3) is 0 Å². The van der Waals surface area contributed by atoms with Gasteiger partial charge in [0.15, 0.2) is 5.78 Å². The van der Waals surface area contributed by atoms with E-state index < -0.39 is 0 Å². The Morgan fingerprint density at radius 3 is 1.61 bits per heavy atom. The van der Waals surface area contributed by atoms with E-state index in [-0.39, 0.29) is 5.78 Å². The van der Waals surface area contributed by atoms with Crippen LogP contribution in [0.1, 0.15) is 76.5 Å². The van der Waals surface area contributed by atoms with Gasteiger partial charge >= 0.3 is 0 Å².